The Morgan fingerprint density at radius 3 is 2.52 bits per heavy atom. The third kappa shape index (κ3) is 3.76. The molecule has 1 spiro atoms. The average Bonchev–Trinajstić information content (AvgIpc) is 2.81. The third-order valence-electron chi connectivity index (χ3n) is 4.25. The molecule has 0 bridgehead atoms. The van der Waals surface area contributed by atoms with E-state index < -0.39 is 11.6 Å². The Morgan fingerprint density at radius 2 is 1.81 bits per heavy atom. The number of benzene rings is 1. The maximum atomic E-state index is 13.1. The summed E-state index contributed by atoms with van der Waals surface area (Å²) in [5, 5.41) is 4.57. The monoisotopic (exact) mass is 310 g/mol. The lowest BCUT2D eigenvalue weighted by Gasteiger charge is -2.32. The molecule has 1 aliphatic heterocycles. The molecule has 1 heterocycles. The van der Waals surface area contributed by atoms with Crippen LogP contribution in [0.3, 0.4) is 0 Å². The van der Waals surface area contributed by atoms with E-state index in [1.807, 2.05) is 0 Å². The average molecular weight is 310 g/mol. The number of halogens is 2. The standard InChI is InChI=1S/C16H20F2N2S/c17-13-8-12(9-14(18)10-13)4-7-19-15-20-16(11-21-15)5-2-1-3-6-16/h8-10H,1-7,11H2,(H,19,20). The summed E-state index contributed by atoms with van der Waals surface area (Å²) in [6.07, 6.45) is 6.95. The summed E-state index contributed by atoms with van der Waals surface area (Å²) in [6, 6.07) is 3.65. The second kappa shape index (κ2) is 6.34. The molecule has 0 radical (unpaired) electrons. The van der Waals surface area contributed by atoms with Crippen LogP contribution in [0.5, 0.6) is 0 Å². The van der Waals surface area contributed by atoms with Gasteiger partial charge >= 0.3 is 0 Å². The van der Waals surface area contributed by atoms with Crippen LogP contribution in [-0.2, 0) is 6.42 Å². The molecule has 21 heavy (non-hydrogen) atoms. The van der Waals surface area contributed by atoms with Crippen LogP contribution in [0.1, 0.15) is 37.7 Å². The second-order valence-electron chi connectivity index (χ2n) is 5.97. The van der Waals surface area contributed by atoms with Crippen molar-refractivity contribution < 1.29 is 8.78 Å². The lowest BCUT2D eigenvalue weighted by molar-refractivity contribution is 0.303. The minimum Gasteiger partial charge on any atom is -0.359 e. The summed E-state index contributed by atoms with van der Waals surface area (Å²) in [7, 11) is 0. The Kier molecular flexibility index (Phi) is 4.48. The number of hydrogen-bond donors (Lipinski definition) is 1. The zero-order chi connectivity index (χ0) is 14.7. The summed E-state index contributed by atoms with van der Waals surface area (Å²) < 4.78 is 26.2. The van der Waals surface area contributed by atoms with Crippen molar-refractivity contribution in [2.45, 2.75) is 44.1 Å². The highest BCUT2D eigenvalue weighted by molar-refractivity contribution is 8.14. The molecule has 0 amide bonds. The molecule has 0 unspecified atom stereocenters. The van der Waals surface area contributed by atoms with Gasteiger partial charge in [-0.25, -0.2) is 8.78 Å². The van der Waals surface area contributed by atoms with E-state index in [0.717, 1.165) is 17.0 Å². The van der Waals surface area contributed by atoms with Crippen molar-refractivity contribution >= 4 is 16.9 Å². The summed E-state index contributed by atoms with van der Waals surface area (Å²) in [4.78, 5) is 4.55. The molecule has 0 aromatic heterocycles. The molecular formula is C16H20F2N2S. The predicted octanol–water partition coefficient (Wildman–Crippen LogP) is 3.90. The van der Waals surface area contributed by atoms with Crippen molar-refractivity contribution in [2.24, 2.45) is 4.99 Å². The van der Waals surface area contributed by atoms with Gasteiger partial charge in [0, 0.05) is 23.9 Å². The Labute approximate surface area is 128 Å². The summed E-state index contributed by atoms with van der Waals surface area (Å²) >= 11 is 1.78. The van der Waals surface area contributed by atoms with Gasteiger partial charge in [-0.15, -0.1) is 0 Å². The molecule has 0 atom stereocenters. The SMILES string of the molecule is Fc1cc(F)cc(CCN=C2NC3(CCCCC3)CS2)c1. The first-order chi connectivity index (χ1) is 10.2. The van der Waals surface area contributed by atoms with Gasteiger partial charge in [-0.2, -0.15) is 0 Å². The molecule has 1 saturated heterocycles. The zero-order valence-electron chi connectivity index (χ0n) is 12.0. The van der Waals surface area contributed by atoms with Gasteiger partial charge in [0.05, 0.1) is 0 Å². The molecule has 5 heteroatoms. The highest BCUT2D eigenvalue weighted by atomic mass is 32.2. The Bertz CT molecular complexity index is 519. The van der Waals surface area contributed by atoms with Crippen LogP contribution >= 0.6 is 11.8 Å². The molecule has 114 valence electrons. The van der Waals surface area contributed by atoms with Gasteiger partial charge < -0.3 is 5.32 Å². The van der Waals surface area contributed by atoms with Crippen LogP contribution in [0.15, 0.2) is 23.2 Å². The van der Waals surface area contributed by atoms with Crippen LogP contribution in [0.25, 0.3) is 0 Å². The van der Waals surface area contributed by atoms with Crippen LogP contribution in [-0.4, -0.2) is 23.0 Å². The Balaban J connectivity index is 1.55. The minimum absolute atomic E-state index is 0.257. The summed E-state index contributed by atoms with van der Waals surface area (Å²) in [5.74, 6) is 0.0554. The quantitative estimate of drug-likeness (QED) is 0.915. The van der Waals surface area contributed by atoms with Crippen molar-refractivity contribution in [1.82, 2.24) is 5.32 Å². The number of amidine groups is 1. The van der Waals surface area contributed by atoms with Gasteiger partial charge in [-0.3, -0.25) is 4.99 Å². The summed E-state index contributed by atoms with van der Waals surface area (Å²) in [6.45, 7) is 0.564. The molecular weight excluding hydrogens is 290 g/mol. The van der Waals surface area contributed by atoms with E-state index in [-0.39, 0.29) is 5.54 Å². The summed E-state index contributed by atoms with van der Waals surface area (Å²) in [5.41, 5.74) is 0.916. The normalized spacial score (nSPS) is 22.7. The Hall–Kier alpha value is -1.10. The fourth-order valence-corrected chi connectivity index (χ4v) is 4.38. The van der Waals surface area contributed by atoms with Gasteiger partial charge in [-0.05, 0) is 37.0 Å². The minimum atomic E-state index is -0.521. The number of thioether (sulfide) groups is 1. The topological polar surface area (TPSA) is 24.4 Å². The number of hydrogen-bond acceptors (Lipinski definition) is 2. The van der Waals surface area contributed by atoms with Crippen molar-refractivity contribution in [3.05, 3.63) is 35.4 Å². The first kappa shape index (κ1) is 14.8. The fraction of sp³-hybridized carbons (Fsp3) is 0.562. The molecule has 1 N–H and O–H groups in total. The van der Waals surface area contributed by atoms with E-state index in [1.165, 1.54) is 44.2 Å². The predicted molar refractivity (Wildman–Crippen MR) is 83.8 cm³/mol. The second-order valence-corrected chi connectivity index (χ2v) is 6.93. The fourth-order valence-electron chi connectivity index (χ4n) is 3.13. The maximum Gasteiger partial charge on any atom is 0.157 e. The first-order valence-electron chi connectivity index (χ1n) is 7.56. The molecule has 1 aliphatic carbocycles. The van der Waals surface area contributed by atoms with Crippen LogP contribution in [0.2, 0.25) is 0 Å². The van der Waals surface area contributed by atoms with Crippen molar-refractivity contribution in [3.8, 4) is 0 Å². The van der Waals surface area contributed by atoms with Crippen LogP contribution in [0.4, 0.5) is 8.78 Å². The number of nitrogens with zero attached hydrogens (tertiary/aromatic N) is 1. The number of rotatable bonds is 3. The van der Waals surface area contributed by atoms with Crippen molar-refractivity contribution in [2.75, 3.05) is 12.3 Å². The molecule has 1 saturated carbocycles. The highest BCUT2D eigenvalue weighted by Crippen LogP contribution is 2.36. The van der Waals surface area contributed by atoms with E-state index in [2.05, 4.69) is 10.3 Å². The highest BCUT2D eigenvalue weighted by Gasteiger charge is 2.37. The van der Waals surface area contributed by atoms with Crippen molar-refractivity contribution in [3.63, 3.8) is 0 Å². The zero-order valence-corrected chi connectivity index (χ0v) is 12.8. The van der Waals surface area contributed by atoms with Gasteiger partial charge in [0.15, 0.2) is 5.17 Å². The largest absolute Gasteiger partial charge is 0.359 e. The number of nitrogens with one attached hydrogen (secondary N) is 1. The van der Waals surface area contributed by atoms with E-state index in [9.17, 15) is 8.78 Å². The van der Waals surface area contributed by atoms with Crippen molar-refractivity contribution in [1.29, 1.82) is 0 Å². The molecule has 2 nitrogen and oxygen atoms in total. The van der Waals surface area contributed by atoms with E-state index in [4.69, 9.17) is 0 Å². The molecule has 3 rings (SSSR count). The first-order valence-corrected chi connectivity index (χ1v) is 8.54. The maximum absolute atomic E-state index is 13.1. The number of aliphatic imine (C=N–C) groups is 1. The Morgan fingerprint density at radius 1 is 1.10 bits per heavy atom. The lowest BCUT2D eigenvalue weighted by Crippen LogP contribution is -2.45. The van der Waals surface area contributed by atoms with Gasteiger partial charge in [-0.1, -0.05) is 31.0 Å². The smallest absolute Gasteiger partial charge is 0.157 e. The lowest BCUT2D eigenvalue weighted by atomic mass is 9.83. The molecule has 2 aliphatic rings. The van der Waals surface area contributed by atoms with E-state index in [1.54, 1.807) is 11.8 Å². The molecule has 1 aromatic carbocycles. The van der Waals surface area contributed by atoms with E-state index >= 15 is 0 Å². The van der Waals surface area contributed by atoms with Crippen LogP contribution in [0, 0.1) is 11.6 Å². The molecule has 1 aromatic rings. The van der Waals surface area contributed by atoms with Gasteiger partial charge in [0.2, 0.25) is 0 Å². The van der Waals surface area contributed by atoms with E-state index in [0.29, 0.717) is 18.5 Å². The van der Waals surface area contributed by atoms with Gasteiger partial charge in [0.25, 0.3) is 0 Å². The molecule has 2 fully saturated rings. The van der Waals surface area contributed by atoms with Gasteiger partial charge in [0.1, 0.15) is 11.6 Å². The van der Waals surface area contributed by atoms with Crippen LogP contribution < -0.4 is 5.32 Å². The third-order valence-corrected chi connectivity index (χ3v) is 5.45.